The van der Waals surface area contributed by atoms with Crippen LogP contribution < -0.4 is 5.32 Å². The van der Waals surface area contributed by atoms with Gasteiger partial charge in [-0.15, -0.1) is 0 Å². The van der Waals surface area contributed by atoms with Crippen molar-refractivity contribution in [3.63, 3.8) is 0 Å². The molecule has 1 aromatic carbocycles. The molecule has 2 fully saturated rings. The number of nitrogens with one attached hydrogen (secondary N) is 1. The second-order valence-electron chi connectivity index (χ2n) is 8.60. The minimum atomic E-state index is -0.0541. The highest BCUT2D eigenvalue weighted by Crippen LogP contribution is 2.47. The normalized spacial score (nSPS) is 17.8. The van der Waals surface area contributed by atoms with Crippen LogP contribution in [0.2, 0.25) is 0 Å². The third kappa shape index (κ3) is 2.99. The Bertz CT molecular complexity index is 1030. The molecule has 0 spiro atoms. The molecule has 5 heteroatoms. The number of nitrogens with zero attached hydrogens (tertiary/aromatic N) is 2. The molecule has 1 amide bonds. The van der Waals surface area contributed by atoms with E-state index in [2.05, 4.69) is 53.6 Å². The van der Waals surface area contributed by atoms with Gasteiger partial charge in [-0.25, -0.2) is 4.98 Å². The second kappa shape index (κ2) is 6.43. The van der Waals surface area contributed by atoms with Crippen LogP contribution in [0.25, 0.3) is 11.1 Å². The van der Waals surface area contributed by atoms with Gasteiger partial charge in [-0.2, -0.15) is 0 Å². The van der Waals surface area contributed by atoms with Gasteiger partial charge in [-0.3, -0.25) is 4.79 Å². The molecular formula is C23H25N3O2. The summed E-state index contributed by atoms with van der Waals surface area (Å²) in [5.41, 5.74) is 4.29. The number of rotatable bonds is 6. The maximum Gasteiger partial charge on any atom is 0.259 e. The average molecular weight is 375 g/mol. The highest BCUT2D eigenvalue weighted by atomic mass is 16.5. The Morgan fingerprint density at radius 1 is 1.25 bits per heavy atom. The molecule has 5 rings (SSSR count). The molecule has 0 aliphatic heterocycles. The number of aromatic nitrogens is 2. The van der Waals surface area contributed by atoms with Crippen LogP contribution in [0.4, 0.5) is 0 Å². The van der Waals surface area contributed by atoms with Gasteiger partial charge in [-0.1, -0.05) is 49.3 Å². The summed E-state index contributed by atoms with van der Waals surface area (Å²) in [7, 11) is 0. The molecule has 2 aliphatic carbocycles. The van der Waals surface area contributed by atoms with Gasteiger partial charge in [0.1, 0.15) is 0 Å². The van der Waals surface area contributed by atoms with Crippen LogP contribution in [0.3, 0.4) is 0 Å². The van der Waals surface area contributed by atoms with Crippen LogP contribution >= 0.6 is 0 Å². The van der Waals surface area contributed by atoms with Crippen molar-refractivity contribution >= 4 is 17.0 Å². The van der Waals surface area contributed by atoms with Crippen LogP contribution in [0.5, 0.6) is 0 Å². The van der Waals surface area contributed by atoms with Gasteiger partial charge in [0.25, 0.3) is 11.6 Å². The number of fused-ring (bicyclic) bond motifs is 1. The quantitative estimate of drug-likeness (QED) is 0.679. The predicted octanol–water partition coefficient (Wildman–Crippen LogP) is 4.69. The zero-order valence-corrected chi connectivity index (χ0v) is 16.4. The van der Waals surface area contributed by atoms with Gasteiger partial charge in [-0.05, 0) is 43.2 Å². The SMILES string of the molecule is CC(C)c1noc2nc(C3CC3)cc(C(=O)NCC3(c4ccccc4)CC3)c12. The predicted molar refractivity (Wildman–Crippen MR) is 108 cm³/mol. The smallest absolute Gasteiger partial charge is 0.259 e. The lowest BCUT2D eigenvalue weighted by atomic mass is 9.95. The summed E-state index contributed by atoms with van der Waals surface area (Å²) >= 11 is 0. The molecule has 0 atom stereocenters. The summed E-state index contributed by atoms with van der Waals surface area (Å²) in [5, 5.41) is 8.17. The number of benzene rings is 1. The topological polar surface area (TPSA) is 68.0 Å². The molecular weight excluding hydrogens is 350 g/mol. The van der Waals surface area contributed by atoms with E-state index in [1.54, 1.807) is 0 Å². The molecule has 5 nitrogen and oxygen atoms in total. The first-order valence-corrected chi connectivity index (χ1v) is 10.2. The van der Waals surface area contributed by atoms with Gasteiger partial charge in [0.15, 0.2) is 0 Å². The third-order valence-corrected chi connectivity index (χ3v) is 6.11. The number of hydrogen-bond donors (Lipinski definition) is 1. The summed E-state index contributed by atoms with van der Waals surface area (Å²) in [5.74, 6) is 0.560. The molecule has 3 aromatic rings. The fourth-order valence-electron chi connectivity index (χ4n) is 4.01. The lowest BCUT2D eigenvalue weighted by Crippen LogP contribution is -2.32. The summed E-state index contributed by atoms with van der Waals surface area (Å²) in [4.78, 5) is 17.9. The molecule has 0 saturated heterocycles. The van der Waals surface area contributed by atoms with E-state index in [0.717, 1.165) is 42.5 Å². The maximum atomic E-state index is 13.2. The number of carbonyl (C=O) groups excluding carboxylic acids is 1. The Hall–Kier alpha value is -2.69. The fourth-order valence-corrected chi connectivity index (χ4v) is 4.01. The van der Waals surface area contributed by atoms with Gasteiger partial charge in [0.2, 0.25) is 0 Å². The summed E-state index contributed by atoms with van der Waals surface area (Å²) in [6.07, 6.45) is 4.48. The van der Waals surface area contributed by atoms with Gasteiger partial charge < -0.3 is 9.84 Å². The van der Waals surface area contributed by atoms with Gasteiger partial charge in [0.05, 0.1) is 16.6 Å². The number of amides is 1. The number of carbonyl (C=O) groups is 1. The van der Waals surface area contributed by atoms with E-state index in [4.69, 9.17) is 4.52 Å². The van der Waals surface area contributed by atoms with Crippen molar-refractivity contribution in [2.45, 2.75) is 56.8 Å². The van der Waals surface area contributed by atoms with Crippen molar-refractivity contribution < 1.29 is 9.32 Å². The molecule has 2 aromatic heterocycles. The van der Waals surface area contributed by atoms with E-state index in [0.29, 0.717) is 23.7 Å². The monoisotopic (exact) mass is 375 g/mol. The van der Waals surface area contributed by atoms with Crippen molar-refractivity contribution in [1.29, 1.82) is 0 Å². The summed E-state index contributed by atoms with van der Waals surface area (Å²) in [6, 6.07) is 12.4. The largest absolute Gasteiger partial charge is 0.351 e. The first kappa shape index (κ1) is 17.4. The Balaban J connectivity index is 1.46. The molecule has 2 saturated carbocycles. The van der Waals surface area contributed by atoms with Crippen molar-refractivity contribution in [2.75, 3.05) is 6.54 Å². The van der Waals surface area contributed by atoms with E-state index in [9.17, 15) is 4.79 Å². The fraction of sp³-hybridized carbons (Fsp3) is 0.435. The Morgan fingerprint density at radius 3 is 2.64 bits per heavy atom. The summed E-state index contributed by atoms with van der Waals surface area (Å²) in [6.45, 7) is 4.77. The Morgan fingerprint density at radius 2 is 2.00 bits per heavy atom. The third-order valence-electron chi connectivity index (χ3n) is 6.11. The van der Waals surface area contributed by atoms with E-state index < -0.39 is 0 Å². The first-order chi connectivity index (χ1) is 13.6. The Kier molecular flexibility index (Phi) is 4.00. The molecule has 0 radical (unpaired) electrons. The maximum absolute atomic E-state index is 13.2. The molecule has 0 bridgehead atoms. The Labute approximate surface area is 164 Å². The molecule has 28 heavy (non-hydrogen) atoms. The molecule has 144 valence electrons. The molecule has 2 heterocycles. The summed E-state index contributed by atoms with van der Waals surface area (Å²) < 4.78 is 5.51. The average Bonchev–Trinajstić information content (AvgIpc) is 3.63. The van der Waals surface area contributed by atoms with E-state index >= 15 is 0 Å². The van der Waals surface area contributed by atoms with Crippen molar-refractivity contribution in [1.82, 2.24) is 15.5 Å². The van der Waals surface area contributed by atoms with Gasteiger partial charge in [0, 0.05) is 23.6 Å². The standard InChI is InChI=1S/C23H25N3O2/c1-14(2)20-19-17(12-18(15-8-9-15)25-22(19)28-26-20)21(27)24-13-23(10-11-23)16-6-4-3-5-7-16/h3-7,12,14-15H,8-11,13H2,1-2H3,(H,24,27). The lowest BCUT2D eigenvalue weighted by Gasteiger charge is -2.17. The van der Waals surface area contributed by atoms with Crippen LogP contribution in [-0.2, 0) is 5.41 Å². The van der Waals surface area contributed by atoms with Crippen molar-refractivity contribution in [2.24, 2.45) is 0 Å². The first-order valence-electron chi connectivity index (χ1n) is 10.2. The number of pyridine rings is 1. The van der Waals surface area contributed by atoms with Crippen LogP contribution in [0, 0.1) is 0 Å². The van der Waals surface area contributed by atoms with E-state index in [1.807, 2.05) is 12.1 Å². The molecule has 0 unspecified atom stereocenters. The zero-order valence-electron chi connectivity index (χ0n) is 16.4. The number of hydrogen-bond acceptors (Lipinski definition) is 4. The van der Waals surface area contributed by atoms with Crippen LogP contribution in [-0.4, -0.2) is 22.6 Å². The highest BCUT2D eigenvalue weighted by molar-refractivity contribution is 6.06. The van der Waals surface area contributed by atoms with Crippen molar-refractivity contribution in [3.8, 4) is 0 Å². The van der Waals surface area contributed by atoms with E-state index in [-0.39, 0.29) is 17.2 Å². The van der Waals surface area contributed by atoms with Gasteiger partial charge >= 0.3 is 0 Å². The van der Waals surface area contributed by atoms with Crippen LogP contribution in [0.1, 0.15) is 78.7 Å². The van der Waals surface area contributed by atoms with Crippen molar-refractivity contribution in [3.05, 3.63) is 58.9 Å². The van der Waals surface area contributed by atoms with E-state index in [1.165, 1.54) is 5.56 Å². The molecule has 1 N–H and O–H groups in total. The minimum Gasteiger partial charge on any atom is -0.351 e. The van der Waals surface area contributed by atoms with Crippen LogP contribution in [0.15, 0.2) is 40.9 Å². The minimum absolute atomic E-state index is 0.0541. The highest BCUT2D eigenvalue weighted by Gasteiger charge is 2.44. The zero-order chi connectivity index (χ0) is 19.3. The lowest BCUT2D eigenvalue weighted by molar-refractivity contribution is 0.0951. The molecule has 2 aliphatic rings. The second-order valence-corrected chi connectivity index (χ2v) is 8.60.